The Morgan fingerprint density at radius 1 is 1.13 bits per heavy atom. The van der Waals surface area contributed by atoms with E-state index in [0.717, 1.165) is 42.1 Å². The van der Waals surface area contributed by atoms with Gasteiger partial charge in [0.1, 0.15) is 23.8 Å². The maximum absolute atomic E-state index is 10.9. The van der Waals surface area contributed by atoms with Gasteiger partial charge in [0.2, 0.25) is 0 Å². The molecule has 1 unspecified atom stereocenters. The molecule has 8 heteroatoms. The Morgan fingerprint density at radius 3 is 2.74 bits per heavy atom. The van der Waals surface area contributed by atoms with Gasteiger partial charge in [-0.05, 0) is 37.2 Å². The van der Waals surface area contributed by atoms with Crippen molar-refractivity contribution in [1.29, 1.82) is 0 Å². The molecule has 0 amide bonds. The number of hydrogen-bond donors (Lipinski definition) is 1. The summed E-state index contributed by atoms with van der Waals surface area (Å²) in [5.74, 6) is 0. The molecular formula is C15H18N6OS. The van der Waals surface area contributed by atoms with Crippen LogP contribution in [0.25, 0.3) is 10.7 Å². The van der Waals surface area contributed by atoms with Gasteiger partial charge in [0.15, 0.2) is 5.01 Å². The van der Waals surface area contributed by atoms with E-state index in [1.807, 2.05) is 10.9 Å². The van der Waals surface area contributed by atoms with Crippen molar-refractivity contribution in [2.24, 2.45) is 0 Å². The van der Waals surface area contributed by atoms with Crippen LogP contribution in [-0.2, 0) is 0 Å². The van der Waals surface area contributed by atoms with Gasteiger partial charge in [-0.1, -0.05) is 18.1 Å². The molecule has 2 saturated carbocycles. The maximum Gasteiger partial charge on any atom is 0.162 e. The Kier molecular flexibility index (Phi) is 3.02. The highest BCUT2D eigenvalue weighted by molar-refractivity contribution is 7.10. The first-order valence-corrected chi connectivity index (χ1v) is 9.00. The van der Waals surface area contributed by atoms with Crippen LogP contribution in [0.1, 0.15) is 68.1 Å². The van der Waals surface area contributed by atoms with Gasteiger partial charge in [-0.2, -0.15) is 0 Å². The molecule has 0 aromatic carbocycles. The summed E-state index contributed by atoms with van der Waals surface area (Å²) in [6.45, 7) is 0. The molecule has 120 valence electrons. The molecule has 5 rings (SSSR count). The zero-order chi connectivity index (χ0) is 15.4. The molecular weight excluding hydrogens is 312 g/mol. The molecule has 3 heterocycles. The Hall–Kier alpha value is -1.80. The van der Waals surface area contributed by atoms with Crippen molar-refractivity contribution in [3.8, 4) is 10.7 Å². The Labute approximate surface area is 137 Å². The second-order valence-corrected chi connectivity index (χ2v) is 7.49. The van der Waals surface area contributed by atoms with Crippen molar-refractivity contribution in [3.63, 3.8) is 0 Å². The fourth-order valence-corrected chi connectivity index (χ4v) is 4.65. The van der Waals surface area contributed by atoms with Crippen molar-refractivity contribution < 1.29 is 5.11 Å². The number of aromatic nitrogens is 6. The summed E-state index contributed by atoms with van der Waals surface area (Å²) in [4.78, 5) is 8.63. The van der Waals surface area contributed by atoms with E-state index >= 15 is 0 Å². The molecule has 1 atom stereocenters. The summed E-state index contributed by atoms with van der Waals surface area (Å²) in [7, 11) is 0. The van der Waals surface area contributed by atoms with Crippen molar-refractivity contribution >= 4 is 11.5 Å². The number of aliphatic hydroxyl groups is 1. The van der Waals surface area contributed by atoms with Gasteiger partial charge >= 0.3 is 0 Å². The molecule has 23 heavy (non-hydrogen) atoms. The minimum absolute atomic E-state index is 0.431. The van der Waals surface area contributed by atoms with E-state index in [2.05, 4.69) is 24.2 Å². The van der Waals surface area contributed by atoms with Crippen LogP contribution < -0.4 is 0 Å². The fourth-order valence-electron chi connectivity index (χ4n) is 3.48. The molecule has 7 nitrogen and oxygen atoms in total. The minimum Gasteiger partial charge on any atom is -0.380 e. The van der Waals surface area contributed by atoms with Gasteiger partial charge < -0.3 is 5.11 Å². The van der Waals surface area contributed by atoms with Crippen LogP contribution >= 0.6 is 11.5 Å². The van der Waals surface area contributed by atoms with E-state index in [9.17, 15) is 5.11 Å². The lowest BCUT2D eigenvalue weighted by molar-refractivity contribution is 0.206. The number of fused-ring (bicyclic) bond motifs is 1. The second kappa shape index (κ2) is 5.10. The monoisotopic (exact) mass is 330 g/mol. The lowest BCUT2D eigenvalue weighted by Crippen LogP contribution is -2.08. The number of rotatable bonds is 4. The standard InChI is InChI=1S/C15H18N6OS/c22-14(11-7-20(19-18-11)9-3-1-2-4-9)13-12-15(17-8-16-12)23-21(13)10-5-6-10/h7-10,14,22H,1-6H2. The molecule has 0 saturated heterocycles. The SMILES string of the molecule is OC(c1cn(C2CCCC2)nn1)c1c2ncnc-2sn1C1CC1. The molecule has 0 bridgehead atoms. The average molecular weight is 330 g/mol. The molecule has 0 spiro atoms. The summed E-state index contributed by atoms with van der Waals surface area (Å²) in [6.07, 6.45) is 9.77. The van der Waals surface area contributed by atoms with E-state index in [0.29, 0.717) is 17.8 Å². The summed E-state index contributed by atoms with van der Waals surface area (Å²) < 4.78 is 4.09. The topological polar surface area (TPSA) is 81.7 Å². The number of imidazole rings is 1. The predicted octanol–water partition coefficient (Wildman–Crippen LogP) is 2.57. The van der Waals surface area contributed by atoms with Gasteiger partial charge in [0, 0.05) is 6.04 Å². The van der Waals surface area contributed by atoms with Gasteiger partial charge in [0.05, 0.1) is 17.9 Å². The molecule has 2 fully saturated rings. The smallest absolute Gasteiger partial charge is 0.162 e. The third-order valence-electron chi connectivity index (χ3n) is 4.87. The maximum atomic E-state index is 10.9. The molecule has 1 N–H and O–H groups in total. The van der Waals surface area contributed by atoms with E-state index in [4.69, 9.17) is 0 Å². The van der Waals surface area contributed by atoms with Crippen LogP contribution in [0.15, 0.2) is 12.5 Å². The Morgan fingerprint density at radius 2 is 1.96 bits per heavy atom. The first-order valence-electron chi connectivity index (χ1n) is 8.23. The van der Waals surface area contributed by atoms with Crippen LogP contribution in [0.3, 0.4) is 0 Å². The predicted molar refractivity (Wildman–Crippen MR) is 84.4 cm³/mol. The average Bonchev–Trinajstić information content (AvgIpc) is 3.02. The Bertz CT molecular complexity index is 797. The van der Waals surface area contributed by atoms with E-state index in [1.165, 1.54) is 12.8 Å². The molecule has 2 aliphatic carbocycles. The van der Waals surface area contributed by atoms with E-state index < -0.39 is 6.10 Å². The summed E-state index contributed by atoms with van der Waals surface area (Å²) in [5.41, 5.74) is 2.22. The zero-order valence-electron chi connectivity index (χ0n) is 12.7. The Balaban J connectivity index is 1.51. The molecule has 1 aromatic heterocycles. The molecule has 2 aliphatic heterocycles. The highest BCUT2D eigenvalue weighted by atomic mass is 32.1. The van der Waals surface area contributed by atoms with Crippen LogP contribution in [0.2, 0.25) is 0 Å². The third-order valence-corrected chi connectivity index (χ3v) is 6.04. The second-order valence-electron chi connectivity index (χ2n) is 6.53. The molecule has 1 aromatic rings. The first-order chi connectivity index (χ1) is 11.3. The van der Waals surface area contributed by atoms with Crippen LogP contribution in [0.4, 0.5) is 0 Å². The first kappa shape index (κ1) is 13.6. The normalized spacial score (nSPS) is 20.6. The van der Waals surface area contributed by atoms with Crippen LogP contribution in [-0.4, -0.2) is 34.0 Å². The zero-order valence-corrected chi connectivity index (χ0v) is 13.5. The summed E-state index contributed by atoms with van der Waals surface area (Å²) in [6, 6.07) is 0.908. The third kappa shape index (κ3) is 2.20. The van der Waals surface area contributed by atoms with Crippen molar-refractivity contribution in [2.75, 3.05) is 0 Å². The highest BCUT2D eigenvalue weighted by Gasteiger charge is 2.35. The van der Waals surface area contributed by atoms with Gasteiger partial charge in [0.25, 0.3) is 0 Å². The largest absolute Gasteiger partial charge is 0.380 e. The van der Waals surface area contributed by atoms with Crippen LogP contribution in [0.5, 0.6) is 0 Å². The van der Waals surface area contributed by atoms with Crippen LogP contribution in [0, 0.1) is 0 Å². The van der Waals surface area contributed by atoms with E-state index in [1.54, 1.807) is 17.9 Å². The van der Waals surface area contributed by atoms with Crippen molar-refractivity contribution in [3.05, 3.63) is 23.9 Å². The fraction of sp³-hybridized carbons (Fsp3) is 0.600. The quantitative estimate of drug-likeness (QED) is 0.795. The van der Waals surface area contributed by atoms with E-state index in [-0.39, 0.29) is 0 Å². The molecule has 4 aliphatic rings. The minimum atomic E-state index is -0.795. The highest BCUT2D eigenvalue weighted by Crippen LogP contribution is 2.45. The lowest BCUT2D eigenvalue weighted by atomic mass is 10.1. The number of hydrogen-bond acceptors (Lipinski definition) is 6. The van der Waals surface area contributed by atoms with Gasteiger partial charge in [-0.15, -0.1) is 5.10 Å². The number of nitrogens with zero attached hydrogens (tertiary/aromatic N) is 6. The van der Waals surface area contributed by atoms with Crippen molar-refractivity contribution in [2.45, 2.75) is 56.7 Å². The lowest BCUT2D eigenvalue weighted by Gasteiger charge is -2.11. The summed E-state index contributed by atoms with van der Waals surface area (Å²) >= 11 is 1.58. The van der Waals surface area contributed by atoms with Gasteiger partial charge in [-0.3, -0.25) is 3.96 Å². The van der Waals surface area contributed by atoms with Gasteiger partial charge in [-0.25, -0.2) is 14.6 Å². The summed E-state index contributed by atoms with van der Waals surface area (Å²) in [5, 5.41) is 20.3. The molecule has 0 radical (unpaired) electrons. The van der Waals surface area contributed by atoms with Crippen molar-refractivity contribution in [1.82, 2.24) is 28.9 Å². The number of aliphatic hydroxyl groups excluding tert-OH is 1.